The minimum absolute atomic E-state index is 0. The molecule has 2 rings (SSSR count). The molecule has 0 aromatic heterocycles. The van der Waals surface area contributed by atoms with Crippen LogP contribution in [0.5, 0.6) is 0 Å². The van der Waals surface area contributed by atoms with Crippen LogP contribution in [0.2, 0.25) is 12.1 Å². The third kappa shape index (κ3) is 16.1. The summed E-state index contributed by atoms with van der Waals surface area (Å²) < 4.78 is 0. The Morgan fingerprint density at radius 2 is 1.22 bits per heavy atom. The largest absolute Gasteiger partial charge is 2.00 e. The van der Waals surface area contributed by atoms with Gasteiger partial charge in [0.1, 0.15) is 0 Å². The predicted molar refractivity (Wildman–Crippen MR) is 112 cm³/mol. The van der Waals surface area contributed by atoms with Crippen LogP contribution in [0.1, 0.15) is 52.4 Å². The van der Waals surface area contributed by atoms with Gasteiger partial charge in [-0.3, -0.25) is 12.2 Å². The van der Waals surface area contributed by atoms with E-state index in [-0.39, 0.29) is 70.1 Å². The molecule has 0 saturated heterocycles. The van der Waals surface area contributed by atoms with Crippen LogP contribution in [0.15, 0.2) is 34.7 Å². The Bertz CT molecular complexity index is 341. The Kier molecular flexibility index (Phi) is 26.0. The van der Waals surface area contributed by atoms with Crippen molar-refractivity contribution in [3.8, 4) is 0 Å². The van der Waals surface area contributed by atoms with E-state index >= 15 is 0 Å². The summed E-state index contributed by atoms with van der Waals surface area (Å²) in [6, 6.07) is 2.95. The molecule has 2 aliphatic carbocycles. The molecule has 0 saturated carbocycles. The summed E-state index contributed by atoms with van der Waals surface area (Å²) >= 11 is 0. The fourth-order valence-corrected chi connectivity index (χ4v) is 5.95. The molecule has 0 aromatic carbocycles. The minimum Gasteiger partial charge on any atom is -0.274 e. The van der Waals surface area contributed by atoms with Crippen molar-refractivity contribution < 1.29 is 26.2 Å². The van der Waals surface area contributed by atoms with E-state index in [2.05, 4.69) is 50.3 Å². The van der Waals surface area contributed by atoms with Crippen molar-refractivity contribution in [3.63, 3.8) is 0 Å². The van der Waals surface area contributed by atoms with Gasteiger partial charge in [0.25, 0.3) is 0 Å². The van der Waals surface area contributed by atoms with Crippen molar-refractivity contribution in [2.24, 2.45) is 0 Å². The van der Waals surface area contributed by atoms with Crippen molar-refractivity contribution in [1.82, 2.24) is 0 Å². The van der Waals surface area contributed by atoms with Gasteiger partial charge >= 0.3 is 26.2 Å². The van der Waals surface area contributed by atoms with Gasteiger partial charge in [-0.25, -0.2) is 22.5 Å². The predicted octanol–water partition coefficient (Wildman–Crippen LogP) is 4.88. The maximum Gasteiger partial charge on any atom is 2.00 e. The SMILES string of the molecule is CCCC[SiH2]C1=[C-]CC=C1.CCCC[SiH2]C1=[C-]CC=C1.Cl.Cl.[Zr+2]. The quantitative estimate of drug-likeness (QED) is 0.272. The number of halogens is 2. The molecule has 2 aliphatic rings. The second-order valence-corrected chi connectivity index (χ2v) is 9.47. The first-order valence-electron chi connectivity index (χ1n) is 8.39. The zero-order chi connectivity index (χ0) is 14.5. The van der Waals surface area contributed by atoms with Crippen LogP contribution in [-0.4, -0.2) is 19.0 Å². The standard InChI is InChI=1S/2C9H15Si.2ClH.Zr/c2*1-2-3-8-10-9-6-4-5-7-9;;;/h2*4,6H,2-3,5,8,10H2,1H3;2*1H;/q2*-1;;;+2. The average Bonchev–Trinajstić information content (AvgIpc) is 3.13. The van der Waals surface area contributed by atoms with Gasteiger partial charge in [0.15, 0.2) is 0 Å². The summed E-state index contributed by atoms with van der Waals surface area (Å²) in [6.45, 7) is 4.52. The molecule has 0 heterocycles. The summed E-state index contributed by atoms with van der Waals surface area (Å²) in [6.07, 6.45) is 23.4. The number of allylic oxidation sites excluding steroid dienone is 8. The Balaban J connectivity index is -0.000000308. The zero-order valence-corrected chi connectivity index (χ0v) is 21.6. The fraction of sp³-hybridized carbons (Fsp3) is 0.556. The third-order valence-corrected chi connectivity index (χ3v) is 7.39. The van der Waals surface area contributed by atoms with Crippen molar-refractivity contribution in [2.45, 2.75) is 64.5 Å². The van der Waals surface area contributed by atoms with E-state index in [1.165, 1.54) is 37.8 Å². The van der Waals surface area contributed by atoms with E-state index in [1.807, 2.05) is 0 Å². The van der Waals surface area contributed by atoms with Gasteiger partial charge in [0.05, 0.1) is 0 Å². The van der Waals surface area contributed by atoms with Gasteiger partial charge in [0.2, 0.25) is 0 Å². The molecule has 0 atom stereocenters. The van der Waals surface area contributed by atoms with Crippen molar-refractivity contribution in [1.29, 1.82) is 0 Å². The minimum atomic E-state index is 0. The monoisotopic (exact) mass is 464 g/mol. The van der Waals surface area contributed by atoms with Crippen LogP contribution in [0.3, 0.4) is 0 Å². The summed E-state index contributed by atoms with van der Waals surface area (Å²) in [4.78, 5) is 0. The number of unbranched alkanes of at least 4 members (excludes halogenated alkanes) is 2. The van der Waals surface area contributed by atoms with E-state index in [0.717, 1.165) is 12.8 Å². The molecule has 0 fully saturated rings. The first-order chi connectivity index (χ1) is 9.86. The summed E-state index contributed by atoms with van der Waals surface area (Å²) in [5, 5.41) is 3.13. The molecule has 0 nitrogen and oxygen atoms in total. The van der Waals surface area contributed by atoms with Crippen LogP contribution in [0.4, 0.5) is 0 Å². The van der Waals surface area contributed by atoms with E-state index in [4.69, 9.17) is 0 Å². The normalized spacial score (nSPS) is 14.9. The van der Waals surface area contributed by atoms with E-state index in [1.54, 1.807) is 10.4 Å². The van der Waals surface area contributed by atoms with Crippen LogP contribution in [-0.2, 0) is 26.2 Å². The van der Waals surface area contributed by atoms with Crippen LogP contribution < -0.4 is 0 Å². The molecule has 0 N–H and O–H groups in total. The van der Waals surface area contributed by atoms with Gasteiger partial charge < -0.3 is 0 Å². The van der Waals surface area contributed by atoms with Crippen molar-refractivity contribution in [3.05, 3.63) is 46.8 Å². The summed E-state index contributed by atoms with van der Waals surface area (Å²) in [5.41, 5.74) is 0. The molecule has 5 heteroatoms. The molecule has 0 amide bonds. The summed E-state index contributed by atoms with van der Waals surface area (Å²) in [5.74, 6) is 0. The number of hydrogen-bond acceptors (Lipinski definition) is 0. The second kappa shape index (κ2) is 20.9. The number of hydrogen-bond donors (Lipinski definition) is 0. The van der Waals surface area contributed by atoms with Crippen LogP contribution in [0.25, 0.3) is 0 Å². The smallest absolute Gasteiger partial charge is 0.274 e. The Hall–Kier alpha value is 0.857. The van der Waals surface area contributed by atoms with Gasteiger partial charge in [-0.05, 0) is 0 Å². The van der Waals surface area contributed by atoms with Crippen LogP contribution in [0, 0.1) is 12.2 Å². The first-order valence-corrected chi connectivity index (χ1v) is 11.8. The molecule has 130 valence electrons. The topological polar surface area (TPSA) is 0 Å². The van der Waals surface area contributed by atoms with E-state index in [9.17, 15) is 0 Å². The maximum atomic E-state index is 3.38. The van der Waals surface area contributed by atoms with E-state index in [0.29, 0.717) is 0 Å². The molecule has 0 spiro atoms. The molecule has 0 aromatic rings. The molecule has 0 bridgehead atoms. The molecule has 0 unspecified atom stereocenters. The van der Waals surface area contributed by atoms with Gasteiger partial charge in [0, 0.05) is 19.0 Å². The Morgan fingerprint density at radius 3 is 1.48 bits per heavy atom. The third-order valence-electron chi connectivity index (χ3n) is 3.63. The summed E-state index contributed by atoms with van der Waals surface area (Å²) in [7, 11) is 0.191. The van der Waals surface area contributed by atoms with E-state index < -0.39 is 0 Å². The van der Waals surface area contributed by atoms with Gasteiger partial charge in [-0.15, -0.1) is 37.7 Å². The van der Waals surface area contributed by atoms with Crippen molar-refractivity contribution >= 4 is 43.9 Å². The molecular weight excluding hydrogens is 434 g/mol. The fourth-order valence-electron chi connectivity index (χ4n) is 2.37. The maximum absolute atomic E-state index is 3.38. The number of rotatable bonds is 8. The first kappa shape index (κ1) is 28.7. The zero-order valence-electron chi connectivity index (χ0n) is 14.7. The average molecular weight is 467 g/mol. The molecular formula is C18H32Cl2Si2Zr. The molecule has 0 radical (unpaired) electrons. The molecule has 0 aliphatic heterocycles. The van der Waals surface area contributed by atoms with Gasteiger partial charge in [-0.1, -0.05) is 51.6 Å². The Morgan fingerprint density at radius 1 is 0.826 bits per heavy atom. The second-order valence-electron chi connectivity index (χ2n) is 5.53. The van der Waals surface area contributed by atoms with Crippen LogP contribution >= 0.6 is 24.8 Å². The van der Waals surface area contributed by atoms with Gasteiger partial charge in [-0.2, -0.15) is 12.2 Å². The Labute approximate surface area is 180 Å². The van der Waals surface area contributed by atoms with Crippen molar-refractivity contribution in [2.75, 3.05) is 0 Å². The molecule has 23 heavy (non-hydrogen) atoms.